The number of aryl methyl sites for hydroxylation is 2. The standard InChI is InChI=1S/C17H32N4/c1-6-13(4)17-10-18-15(7-2)11-20(17)12-16-9-14(5)19-21(16)8-3/h9,13,15,17-18H,6-8,10-12H2,1-5H3. The summed E-state index contributed by atoms with van der Waals surface area (Å²) >= 11 is 0. The molecule has 0 amide bonds. The molecule has 4 heteroatoms. The van der Waals surface area contributed by atoms with E-state index in [-0.39, 0.29) is 0 Å². The van der Waals surface area contributed by atoms with Crippen LogP contribution in [0.4, 0.5) is 0 Å². The summed E-state index contributed by atoms with van der Waals surface area (Å²) in [5, 5.41) is 8.32. The van der Waals surface area contributed by atoms with Gasteiger partial charge < -0.3 is 5.32 Å². The summed E-state index contributed by atoms with van der Waals surface area (Å²) in [6.45, 7) is 15.5. The number of aromatic nitrogens is 2. The lowest BCUT2D eigenvalue weighted by molar-refractivity contribution is 0.0807. The zero-order valence-corrected chi connectivity index (χ0v) is 14.4. The molecule has 21 heavy (non-hydrogen) atoms. The Morgan fingerprint density at radius 2 is 2.14 bits per heavy atom. The Kier molecular flexibility index (Phi) is 5.82. The van der Waals surface area contributed by atoms with Crippen molar-refractivity contribution in [3.8, 4) is 0 Å². The molecule has 1 saturated heterocycles. The van der Waals surface area contributed by atoms with Crippen LogP contribution in [0.1, 0.15) is 51.9 Å². The molecule has 2 heterocycles. The van der Waals surface area contributed by atoms with Gasteiger partial charge >= 0.3 is 0 Å². The van der Waals surface area contributed by atoms with Crippen LogP contribution in [0.5, 0.6) is 0 Å². The Morgan fingerprint density at radius 3 is 2.76 bits per heavy atom. The monoisotopic (exact) mass is 292 g/mol. The van der Waals surface area contributed by atoms with Crippen LogP contribution >= 0.6 is 0 Å². The second-order valence-electron chi connectivity index (χ2n) is 6.49. The van der Waals surface area contributed by atoms with Crippen LogP contribution in [0.25, 0.3) is 0 Å². The molecule has 1 N–H and O–H groups in total. The van der Waals surface area contributed by atoms with Gasteiger partial charge in [-0.05, 0) is 32.3 Å². The molecule has 1 aliphatic rings. The Balaban J connectivity index is 2.14. The number of hydrogen-bond donors (Lipinski definition) is 1. The third-order valence-corrected chi connectivity index (χ3v) is 4.98. The van der Waals surface area contributed by atoms with Crippen LogP contribution in [0.15, 0.2) is 6.07 Å². The molecule has 0 saturated carbocycles. The fourth-order valence-electron chi connectivity index (χ4n) is 3.40. The molecule has 0 aliphatic carbocycles. The van der Waals surface area contributed by atoms with Crippen molar-refractivity contribution in [1.29, 1.82) is 0 Å². The molecule has 0 aromatic carbocycles. The van der Waals surface area contributed by atoms with Crippen molar-refractivity contribution >= 4 is 0 Å². The highest BCUT2D eigenvalue weighted by atomic mass is 15.3. The van der Waals surface area contributed by atoms with Gasteiger partial charge in [-0.25, -0.2) is 0 Å². The van der Waals surface area contributed by atoms with Crippen LogP contribution in [0.3, 0.4) is 0 Å². The zero-order valence-electron chi connectivity index (χ0n) is 14.4. The lowest BCUT2D eigenvalue weighted by atomic mass is 9.94. The van der Waals surface area contributed by atoms with Crippen LogP contribution in [-0.4, -0.2) is 39.9 Å². The molecule has 0 bridgehead atoms. The highest BCUT2D eigenvalue weighted by molar-refractivity contribution is 5.09. The van der Waals surface area contributed by atoms with Crippen molar-refractivity contribution in [2.75, 3.05) is 13.1 Å². The smallest absolute Gasteiger partial charge is 0.0597 e. The van der Waals surface area contributed by atoms with E-state index in [0.29, 0.717) is 12.1 Å². The van der Waals surface area contributed by atoms with Gasteiger partial charge in [0.25, 0.3) is 0 Å². The van der Waals surface area contributed by atoms with E-state index in [1.807, 2.05) is 0 Å². The highest BCUT2D eigenvalue weighted by Gasteiger charge is 2.30. The average Bonchev–Trinajstić information content (AvgIpc) is 2.86. The number of nitrogens with one attached hydrogen (secondary N) is 1. The normalized spacial score (nSPS) is 25.2. The fraction of sp³-hybridized carbons (Fsp3) is 0.824. The average molecular weight is 292 g/mol. The molecular formula is C17H32N4. The first-order valence-corrected chi connectivity index (χ1v) is 8.59. The second-order valence-corrected chi connectivity index (χ2v) is 6.49. The van der Waals surface area contributed by atoms with Crippen LogP contribution in [0, 0.1) is 12.8 Å². The third kappa shape index (κ3) is 3.86. The first-order chi connectivity index (χ1) is 10.1. The van der Waals surface area contributed by atoms with Crippen molar-refractivity contribution in [1.82, 2.24) is 20.0 Å². The minimum Gasteiger partial charge on any atom is -0.311 e. The first kappa shape index (κ1) is 16.5. The summed E-state index contributed by atoms with van der Waals surface area (Å²) < 4.78 is 2.16. The lowest BCUT2D eigenvalue weighted by Crippen LogP contribution is -2.58. The molecule has 4 nitrogen and oxygen atoms in total. The molecule has 2 rings (SSSR count). The van der Waals surface area contributed by atoms with Gasteiger partial charge in [0.1, 0.15) is 0 Å². The maximum Gasteiger partial charge on any atom is 0.0597 e. The van der Waals surface area contributed by atoms with E-state index in [0.717, 1.165) is 37.8 Å². The summed E-state index contributed by atoms with van der Waals surface area (Å²) in [5.41, 5.74) is 2.49. The number of nitrogens with zero attached hydrogens (tertiary/aromatic N) is 3. The summed E-state index contributed by atoms with van der Waals surface area (Å²) in [5.74, 6) is 0.731. The van der Waals surface area contributed by atoms with Crippen LogP contribution in [0.2, 0.25) is 0 Å². The van der Waals surface area contributed by atoms with E-state index in [1.54, 1.807) is 0 Å². The maximum absolute atomic E-state index is 4.60. The Hall–Kier alpha value is -0.870. The predicted molar refractivity (Wildman–Crippen MR) is 88.4 cm³/mol. The highest BCUT2D eigenvalue weighted by Crippen LogP contribution is 2.21. The van der Waals surface area contributed by atoms with Gasteiger partial charge in [-0.2, -0.15) is 5.10 Å². The first-order valence-electron chi connectivity index (χ1n) is 8.59. The van der Waals surface area contributed by atoms with E-state index in [9.17, 15) is 0 Å². The van der Waals surface area contributed by atoms with E-state index in [4.69, 9.17) is 0 Å². The molecule has 1 aromatic heterocycles. The van der Waals surface area contributed by atoms with Gasteiger partial charge in [0.2, 0.25) is 0 Å². The topological polar surface area (TPSA) is 33.1 Å². The van der Waals surface area contributed by atoms with Crippen molar-refractivity contribution in [3.63, 3.8) is 0 Å². The third-order valence-electron chi connectivity index (χ3n) is 4.98. The predicted octanol–water partition coefficient (Wildman–Crippen LogP) is 2.81. The molecule has 120 valence electrons. The van der Waals surface area contributed by atoms with Crippen molar-refractivity contribution in [3.05, 3.63) is 17.5 Å². The molecule has 3 atom stereocenters. The van der Waals surface area contributed by atoms with Gasteiger partial charge in [-0.15, -0.1) is 0 Å². The summed E-state index contributed by atoms with van der Waals surface area (Å²) in [6.07, 6.45) is 2.45. The summed E-state index contributed by atoms with van der Waals surface area (Å²) in [4.78, 5) is 2.68. The molecular weight excluding hydrogens is 260 g/mol. The van der Waals surface area contributed by atoms with E-state index >= 15 is 0 Å². The lowest BCUT2D eigenvalue weighted by Gasteiger charge is -2.43. The Bertz CT molecular complexity index is 440. The number of piperazine rings is 1. The minimum atomic E-state index is 0.629. The Labute approximate surface area is 129 Å². The van der Waals surface area contributed by atoms with Crippen molar-refractivity contribution < 1.29 is 0 Å². The second kappa shape index (κ2) is 7.41. The van der Waals surface area contributed by atoms with Crippen LogP contribution < -0.4 is 5.32 Å². The minimum absolute atomic E-state index is 0.629. The van der Waals surface area contributed by atoms with E-state index in [2.05, 4.69) is 60.7 Å². The largest absolute Gasteiger partial charge is 0.311 e. The van der Waals surface area contributed by atoms with E-state index in [1.165, 1.54) is 18.5 Å². The van der Waals surface area contributed by atoms with Crippen molar-refractivity contribution in [2.45, 2.75) is 72.6 Å². The molecule has 1 aromatic rings. The van der Waals surface area contributed by atoms with E-state index < -0.39 is 0 Å². The van der Waals surface area contributed by atoms with Gasteiger partial charge in [-0.1, -0.05) is 27.2 Å². The van der Waals surface area contributed by atoms with Gasteiger partial charge in [0, 0.05) is 38.3 Å². The quantitative estimate of drug-likeness (QED) is 0.875. The van der Waals surface area contributed by atoms with Crippen molar-refractivity contribution in [2.24, 2.45) is 5.92 Å². The molecule has 3 unspecified atom stereocenters. The molecule has 1 fully saturated rings. The Morgan fingerprint density at radius 1 is 1.38 bits per heavy atom. The van der Waals surface area contributed by atoms with Gasteiger partial charge in [0.15, 0.2) is 0 Å². The van der Waals surface area contributed by atoms with Gasteiger partial charge in [0.05, 0.1) is 11.4 Å². The maximum atomic E-state index is 4.60. The zero-order chi connectivity index (χ0) is 15.4. The number of rotatable bonds is 6. The van der Waals surface area contributed by atoms with Crippen LogP contribution in [-0.2, 0) is 13.1 Å². The molecule has 0 spiro atoms. The molecule has 0 radical (unpaired) electrons. The SMILES string of the molecule is CCC1CN(Cc2cc(C)nn2CC)C(C(C)CC)CN1. The molecule has 1 aliphatic heterocycles. The number of hydrogen-bond acceptors (Lipinski definition) is 3. The summed E-state index contributed by atoms with van der Waals surface area (Å²) in [7, 11) is 0. The fourth-order valence-corrected chi connectivity index (χ4v) is 3.40. The van der Waals surface area contributed by atoms with Gasteiger partial charge in [-0.3, -0.25) is 9.58 Å². The summed E-state index contributed by atoms with van der Waals surface area (Å²) in [6, 6.07) is 3.52.